The van der Waals surface area contributed by atoms with Gasteiger partial charge in [-0.1, -0.05) is 18.0 Å². The van der Waals surface area contributed by atoms with Gasteiger partial charge in [0.2, 0.25) is 0 Å². The Bertz CT molecular complexity index is 1160. The van der Waals surface area contributed by atoms with Gasteiger partial charge in [0.05, 0.1) is 22.9 Å². The molecule has 3 heterocycles. The molecular formula is C23H27N5O3. The number of anilines is 1. The average molecular weight is 422 g/mol. The third-order valence-electron chi connectivity index (χ3n) is 6.66. The number of piperazine rings is 1. The number of fused-ring (bicyclic) bond motifs is 1. The fourth-order valence-electron chi connectivity index (χ4n) is 4.88. The highest BCUT2D eigenvalue weighted by atomic mass is 16.5. The molecule has 0 bridgehead atoms. The van der Waals surface area contributed by atoms with Crippen LogP contribution in [-0.4, -0.2) is 51.7 Å². The number of hydrogen-bond donors (Lipinski definition) is 0. The minimum atomic E-state index is -0.0245. The van der Waals surface area contributed by atoms with Crippen molar-refractivity contribution in [1.82, 2.24) is 19.6 Å². The maximum absolute atomic E-state index is 12.9. The van der Waals surface area contributed by atoms with Crippen molar-refractivity contribution in [3.63, 3.8) is 0 Å². The zero-order valence-corrected chi connectivity index (χ0v) is 18.0. The molecule has 0 unspecified atom stereocenters. The molecule has 3 aromatic rings. The molecule has 1 aliphatic heterocycles. The van der Waals surface area contributed by atoms with Crippen molar-refractivity contribution >= 4 is 22.5 Å². The van der Waals surface area contributed by atoms with Crippen LogP contribution in [0.15, 0.2) is 33.8 Å². The summed E-state index contributed by atoms with van der Waals surface area (Å²) < 4.78 is 6.96. The number of carbonyl (C=O) groups is 1. The van der Waals surface area contributed by atoms with Crippen LogP contribution in [0.5, 0.6) is 0 Å². The Hall–Kier alpha value is -3.16. The summed E-state index contributed by atoms with van der Waals surface area (Å²) in [5, 5.41) is 4.57. The molecule has 8 nitrogen and oxygen atoms in total. The van der Waals surface area contributed by atoms with Crippen molar-refractivity contribution in [1.29, 1.82) is 0 Å². The molecule has 2 aliphatic rings. The average Bonchev–Trinajstić information content (AvgIpc) is 3.43. The zero-order valence-electron chi connectivity index (χ0n) is 18.0. The minimum Gasteiger partial charge on any atom is -0.368 e. The largest absolute Gasteiger partial charge is 0.368 e. The first kappa shape index (κ1) is 19.8. The summed E-state index contributed by atoms with van der Waals surface area (Å²) in [4.78, 5) is 34.5. The molecule has 0 spiro atoms. The van der Waals surface area contributed by atoms with Crippen molar-refractivity contribution in [2.75, 3.05) is 31.1 Å². The van der Waals surface area contributed by atoms with E-state index in [0.29, 0.717) is 35.5 Å². The second-order valence-corrected chi connectivity index (χ2v) is 8.58. The van der Waals surface area contributed by atoms with E-state index in [1.54, 1.807) is 20.2 Å². The summed E-state index contributed by atoms with van der Waals surface area (Å²) in [6.45, 7) is 6.25. The van der Waals surface area contributed by atoms with Gasteiger partial charge < -0.3 is 14.3 Å². The van der Waals surface area contributed by atoms with Crippen LogP contribution in [0.25, 0.3) is 10.9 Å². The van der Waals surface area contributed by atoms with Crippen LogP contribution in [0, 0.1) is 13.8 Å². The molecule has 1 aromatic carbocycles. The number of amides is 1. The molecule has 1 saturated carbocycles. The van der Waals surface area contributed by atoms with Crippen molar-refractivity contribution in [3.8, 4) is 0 Å². The standard InChI is InChI=1S/C23H27N5O3/c1-15-21(16(2)31-25-15)23(30)27-11-9-26(10-12-27)18-7-8-19-20(13-18)24-14-28(22(19)29)17-5-3-4-6-17/h7-8,13-14,17H,3-6,9-12H2,1-2H3. The van der Waals surface area contributed by atoms with Crippen molar-refractivity contribution < 1.29 is 9.32 Å². The van der Waals surface area contributed by atoms with Gasteiger partial charge >= 0.3 is 0 Å². The van der Waals surface area contributed by atoms with E-state index in [9.17, 15) is 9.59 Å². The number of carbonyl (C=O) groups excluding carboxylic acids is 1. The highest BCUT2D eigenvalue weighted by Gasteiger charge is 2.27. The fourth-order valence-corrected chi connectivity index (χ4v) is 4.88. The molecule has 162 valence electrons. The molecule has 0 N–H and O–H groups in total. The number of nitrogens with zero attached hydrogens (tertiary/aromatic N) is 5. The van der Waals surface area contributed by atoms with E-state index in [0.717, 1.165) is 37.1 Å². The predicted octanol–water partition coefficient (Wildman–Crippen LogP) is 3.08. The molecule has 5 rings (SSSR count). The molecule has 1 aliphatic carbocycles. The summed E-state index contributed by atoms with van der Waals surface area (Å²) in [7, 11) is 0. The maximum atomic E-state index is 12.9. The molecule has 0 radical (unpaired) electrons. The van der Waals surface area contributed by atoms with Crippen molar-refractivity contribution in [3.05, 3.63) is 51.9 Å². The van der Waals surface area contributed by atoms with Crippen LogP contribution < -0.4 is 10.5 Å². The number of rotatable bonds is 3. The fraction of sp³-hybridized carbons (Fsp3) is 0.478. The molecule has 1 saturated heterocycles. The summed E-state index contributed by atoms with van der Waals surface area (Å²) in [5.74, 6) is 0.539. The van der Waals surface area contributed by atoms with E-state index in [2.05, 4.69) is 15.0 Å². The zero-order chi connectivity index (χ0) is 21.5. The van der Waals surface area contributed by atoms with Gasteiger partial charge in [-0.3, -0.25) is 14.2 Å². The van der Waals surface area contributed by atoms with Crippen LogP contribution in [-0.2, 0) is 0 Å². The van der Waals surface area contributed by atoms with Gasteiger partial charge in [-0.15, -0.1) is 0 Å². The normalized spacial score (nSPS) is 17.6. The summed E-state index contributed by atoms with van der Waals surface area (Å²) in [6.07, 6.45) is 6.19. The van der Waals surface area contributed by atoms with Gasteiger partial charge in [-0.2, -0.15) is 0 Å². The Morgan fingerprint density at radius 3 is 2.52 bits per heavy atom. The first-order chi connectivity index (χ1) is 15.0. The lowest BCUT2D eigenvalue weighted by molar-refractivity contribution is 0.0744. The molecule has 1 amide bonds. The van der Waals surface area contributed by atoms with E-state index in [4.69, 9.17) is 4.52 Å². The van der Waals surface area contributed by atoms with Crippen LogP contribution in [0.3, 0.4) is 0 Å². The SMILES string of the molecule is Cc1noc(C)c1C(=O)N1CCN(c2ccc3c(=O)n(C4CCCC4)cnc3c2)CC1. The molecule has 2 fully saturated rings. The van der Waals surface area contributed by atoms with Crippen LogP contribution >= 0.6 is 0 Å². The Labute approximate surface area is 180 Å². The molecule has 0 atom stereocenters. The summed E-state index contributed by atoms with van der Waals surface area (Å²) >= 11 is 0. The molecular weight excluding hydrogens is 394 g/mol. The second-order valence-electron chi connectivity index (χ2n) is 8.58. The first-order valence-corrected chi connectivity index (χ1v) is 11.0. The number of aromatic nitrogens is 3. The van der Waals surface area contributed by atoms with Crippen molar-refractivity contribution in [2.24, 2.45) is 0 Å². The van der Waals surface area contributed by atoms with Crippen LogP contribution in [0.4, 0.5) is 5.69 Å². The highest BCUT2D eigenvalue weighted by Crippen LogP contribution is 2.29. The third kappa shape index (κ3) is 3.49. The monoisotopic (exact) mass is 421 g/mol. The number of benzene rings is 1. The number of hydrogen-bond acceptors (Lipinski definition) is 6. The smallest absolute Gasteiger partial charge is 0.261 e. The van der Waals surface area contributed by atoms with E-state index < -0.39 is 0 Å². The van der Waals surface area contributed by atoms with Gasteiger partial charge in [0.15, 0.2) is 0 Å². The summed E-state index contributed by atoms with van der Waals surface area (Å²) in [5.41, 5.74) is 3.02. The quantitative estimate of drug-likeness (QED) is 0.646. The maximum Gasteiger partial charge on any atom is 0.261 e. The summed E-state index contributed by atoms with van der Waals surface area (Å²) in [6, 6.07) is 6.16. The minimum absolute atomic E-state index is 0.0245. The van der Waals surface area contributed by atoms with Crippen molar-refractivity contribution in [2.45, 2.75) is 45.6 Å². The van der Waals surface area contributed by atoms with E-state index in [-0.39, 0.29) is 17.5 Å². The Balaban J connectivity index is 1.32. The molecule has 2 aromatic heterocycles. The van der Waals surface area contributed by atoms with Crippen LogP contribution in [0.1, 0.15) is 53.5 Å². The van der Waals surface area contributed by atoms with E-state index >= 15 is 0 Å². The predicted molar refractivity (Wildman–Crippen MR) is 118 cm³/mol. The Morgan fingerprint density at radius 1 is 1.10 bits per heavy atom. The van der Waals surface area contributed by atoms with Gasteiger partial charge in [0.25, 0.3) is 11.5 Å². The van der Waals surface area contributed by atoms with Gasteiger partial charge in [0.1, 0.15) is 11.3 Å². The lowest BCUT2D eigenvalue weighted by Crippen LogP contribution is -2.49. The van der Waals surface area contributed by atoms with E-state index in [1.807, 2.05) is 27.7 Å². The van der Waals surface area contributed by atoms with Crippen LogP contribution in [0.2, 0.25) is 0 Å². The highest BCUT2D eigenvalue weighted by molar-refractivity contribution is 5.96. The topological polar surface area (TPSA) is 84.5 Å². The first-order valence-electron chi connectivity index (χ1n) is 11.0. The van der Waals surface area contributed by atoms with Gasteiger partial charge in [0, 0.05) is 37.9 Å². The van der Waals surface area contributed by atoms with Gasteiger partial charge in [-0.05, 0) is 44.9 Å². The Morgan fingerprint density at radius 2 is 1.84 bits per heavy atom. The lowest BCUT2D eigenvalue weighted by Gasteiger charge is -2.36. The third-order valence-corrected chi connectivity index (χ3v) is 6.66. The Kier molecular flexibility index (Phi) is 5.00. The molecule has 31 heavy (non-hydrogen) atoms. The molecule has 8 heteroatoms. The second kappa shape index (κ2) is 7.83. The van der Waals surface area contributed by atoms with Gasteiger partial charge in [-0.25, -0.2) is 4.98 Å². The van der Waals surface area contributed by atoms with E-state index in [1.165, 1.54) is 12.8 Å². The lowest BCUT2D eigenvalue weighted by atomic mass is 10.1. The number of aryl methyl sites for hydroxylation is 2.